The van der Waals surface area contributed by atoms with Crippen LogP contribution in [0.2, 0.25) is 0 Å². The number of hydrogen-bond donors (Lipinski definition) is 0. The second-order valence-electron chi connectivity index (χ2n) is 8.43. The van der Waals surface area contributed by atoms with E-state index in [2.05, 4.69) is 8.92 Å². The molecule has 0 bridgehead atoms. The van der Waals surface area contributed by atoms with Crippen LogP contribution in [0.15, 0.2) is 0 Å². The summed E-state index contributed by atoms with van der Waals surface area (Å²) in [4.78, 5) is 25.5. The average molecular weight is 476 g/mol. The summed E-state index contributed by atoms with van der Waals surface area (Å²) in [5, 5.41) is 0. The largest absolute Gasteiger partial charge is 0.523 e. The van der Waals surface area contributed by atoms with Crippen LogP contribution in [0.4, 0.5) is 18.0 Å². The average Bonchev–Trinajstić information content (AvgIpc) is 2.62. The van der Waals surface area contributed by atoms with Gasteiger partial charge in [-0.3, -0.25) is 0 Å². The predicted molar refractivity (Wildman–Crippen MR) is 105 cm³/mol. The first kappa shape index (κ1) is 27.5. The molecule has 0 radical (unpaired) electrons. The summed E-state index contributed by atoms with van der Waals surface area (Å²) in [5.41, 5.74) is -6.18. The second kappa shape index (κ2) is 11.3. The highest BCUT2D eigenvalue weighted by Gasteiger charge is 2.49. The first-order chi connectivity index (χ1) is 14.2. The highest BCUT2D eigenvalue weighted by Crippen LogP contribution is 2.28. The third kappa shape index (κ3) is 9.63. The molecule has 1 saturated heterocycles. The Hall–Kier alpha value is -1.56. The molecule has 1 aliphatic rings. The molecule has 12 heteroatoms. The third-order valence-corrected chi connectivity index (χ3v) is 5.72. The molecule has 31 heavy (non-hydrogen) atoms. The van der Waals surface area contributed by atoms with Gasteiger partial charge in [0.2, 0.25) is 0 Å². The summed E-state index contributed by atoms with van der Waals surface area (Å²) in [6.07, 6.45) is 0.742. The Kier molecular flexibility index (Phi) is 10.1. The van der Waals surface area contributed by atoms with E-state index in [0.717, 1.165) is 19.3 Å². The van der Waals surface area contributed by atoms with Crippen LogP contribution < -0.4 is 0 Å². The van der Waals surface area contributed by atoms with Crippen LogP contribution in [0.25, 0.3) is 0 Å². The summed E-state index contributed by atoms with van der Waals surface area (Å²) in [5.74, 6) is -0.819. The lowest BCUT2D eigenvalue weighted by Crippen LogP contribution is -2.41. The number of amides is 1. The first-order valence-electron chi connectivity index (χ1n) is 10.3. The maximum atomic E-state index is 12.6. The normalized spacial score (nSPS) is 17.3. The zero-order chi connectivity index (χ0) is 23.9. The van der Waals surface area contributed by atoms with Gasteiger partial charge in [-0.05, 0) is 52.9 Å². The summed E-state index contributed by atoms with van der Waals surface area (Å²) in [6, 6.07) is 0. The molecule has 1 fully saturated rings. The van der Waals surface area contributed by atoms with Crippen molar-refractivity contribution < 1.29 is 44.8 Å². The van der Waals surface area contributed by atoms with E-state index in [1.54, 1.807) is 25.7 Å². The van der Waals surface area contributed by atoms with Crippen LogP contribution in [-0.2, 0) is 28.6 Å². The van der Waals surface area contributed by atoms with Gasteiger partial charge in [-0.1, -0.05) is 19.3 Å². The minimum atomic E-state index is -5.90. The molecule has 1 amide bonds. The smallest absolute Gasteiger partial charge is 0.464 e. The Morgan fingerprint density at radius 3 is 2.16 bits per heavy atom. The number of nitrogens with zero attached hydrogens (tertiary/aromatic N) is 1. The van der Waals surface area contributed by atoms with Crippen molar-refractivity contribution in [1.82, 2.24) is 4.90 Å². The molecule has 0 aromatic heterocycles. The van der Waals surface area contributed by atoms with Gasteiger partial charge >= 0.3 is 27.7 Å². The summed E-state index contributed by atoms with van der Waals surface area (Å²) < 4.78 is 74.2. The first-order valence-corrected chi connectivity index (χ1v) is 11.7. The van der Waals surface area contributed by atoms with Gasteiger partial charge in [0.15, 0.2) is 6.10 Å². The quantitative estimate of drug-likeness (QED) is 0.215. The SMILES string of the molecule is CCOC(=O)C(CCCCC1CCN(C(=O)OC(C)(C)C)CC1)OS(=O)(=O)C(F)(F)F. The number of unbranched alkanes of at least 4 members (excludes halogenated alkanes) is 1. The van der Waals surface area contributed by atoms with Crippen molar-refractivity contribution in [2.45, 2.75) is 83.4 Å². The van der Waals surface area contributed by atoms with E-state index >= 15 is 0 Å². The van der Waals surface area contributed by atoms with Crippen LogP contribution in [0, 0.1) is 5.92 Å². The monoisotopic (exact) mass is 475 g/mol. The van der Waals surface area contributed by atoms with Crippen LogP contribution in [0.5, 0.6) is 0 Å². The number of piperidine rings is 1. The highest BCUT2D eigenvalue weighted by molar-refractivity contribution is 7.87. The van der Waals surface area contributed by atoms with E-state index in [4.69, 9.17) is 4.74 Å². The lowest BCUT2D eigenvalue weighted by atomic mass is 9.91. The number of ether oxygens (including phenoxy) is 2. The van der Waals surface area contributed by atoms with Crippen LogP contribution in [-0.4, -0.2) is 62.3 Å². The summed E-state index contributed by atoms with van der Waals surface area (Å²) in [6.45, 7) is 7.84. The molecule has 1 unspecified atom stereocenters. The number of likely N-dealkylation sites (tertiary alicyclic amines) is 1. The maximum Gasteiger partial charge on any atom is 0.523 e. The molecule has 1 atom stereocenters. The molecule has 0 spiro atoms. The lowest BCUT2D eigenvalue weighted by molar-refractivity contribution is -0.152. The molecule has 1 aliphatic heterocycles. The number of halogens is 3. The minimum Gasteiger partial charge on any atom is -0.464 e. The van der Waals surface area contributed by atoms with Crippen LogP contribution >= 0.6 is 0 Å². The number of carbonyl (C=O) groups is 2. The molecule has 0 aromatic carbocycles. The van der Waals surface area contributed by atoms with Crippen molar-refractivity contribution in [3.63, 3.8) is 0 Å². The zero-order valence-electron chi connectivity index (χ0n) is 18.4. The van der Waals surface area contributed by atoms with Gasteiger partial charge in [-0.2, -0.15) is 21.6 Å². The molecule has 0 saturated carbocycles. The Morgan fingerprint density at radius 1 is 1.10 bits per heavy atom. The fourth-order valence-electron chi connectivity index (χ4n) is 3.14. The number of hydrogen-bond acceptors (Lipinski definition) is 7. The predicted octanol–water partition coefficient (Wildman–Crippen LogP) is 3.99. The van der Waals surface area contributed by atoms with Crippen molar-refractivity contribution in [3.05, 3.63) is 0 Å². The van der Waals surface area contributed by atoms with Gasteiger partial charge in [-0.25, -0.2) is 13.8 Å². The van der Waals surface area contributed by atoms with E-state index in [9.17, 15) is 31.2 Å². The maximum absolute atomic E-state index is 12.6. The molecule has 182 valence electrons. The molecule has 0 N–H and O–H groups in total. The molecular formula is C19H32F3NO7S. The summed E-state index contributed by atoms with van der Waals surface area (Å²) in [7, 11) is -5.90. The minimum absolute atomic E-state index is 0.110. The fourth-order valence-corrected chi connectivity index (χ4v) is 3.73. The van der Waals surface area contributed by atoms with Crippen molar-refractivity contribution in [1.29, 1.82) is 0 Å². The van der Waals surface area contributed by atoms with E-state index in [-0.39, 0.29) is 19.1 Å². The Balaban J connectivity index is 2.46. The van der Waals surface area contributed by atoms with Gasteiger partial charge < -0.3 is 14.4 Å². The topological polar surface area (TPSA) is 99.2 Å². The molecule has 1 rings (SSSR count). The molecule has 0 aliphatic carbocycles. The number of rotatable bonds is 9. The molecule has 0 aromatic rings. The highest BCUT2D eigenvalue weighted by atomic mass is 32.2. The van der Waals surface area contributed by atoms with Crippen molar-refractivity contribution >= 4 is 22.2 Å². The third-order valence-electron chi connectivity index (χ3n) is 4.67. The van der Waals surface area contributed by atoms with Crippen molar-refractivity contribution in [2.75, 3.05) is 19.7 Å². The number of carbonyl (C=O) groups excluding carboxylic acids is 2. The van der Waals surface area contributed by atoms with Gasteiger partial charge in [-0.15, -0.1) is 0 Å². The van der Waals surface area contributed by atoms with Gasteiger partial charge in [0.1, 0.15) is 5.60 Å². The van der Waals surface area contributed by atoms with Crippen molar-refractivity contribution in [2.24, 2.45) is 5.92 Å². The second-order valence-corrected chi connectivity index (χ2v) is 10.00. The Bertz CT molecular complexity index is 696. The number of esters is 1. The van der Waals surface area contributed by atoms with Crippen molar-refractivity contribution in [3.8, 4) is 0 Å². The molecule has 1 heterocycles. The molecule has 8 nitrogen and oxygen atoms in total. The van der Waals surface area contributed by atoms with E-state index < -0.39 is 33.3 Å². The zero-order valence-corrected chi connectivity index (χ0v) is 19.2. The fraction of sp³-hybridized carbons (Fsp3) is 0.895. The van der Waals surface area contributed by atoms with E-state index in [1.807, 2.05) is 0 Å². The van der Waals surface area contributed by atoms with Gasteiger partial charge in [0.05, 0.1) is 6.61 Å². The van der Waals surface area contributed by atoms with Crippen LogP contribution in [0.1, 0.15) is 66.2 Å². The number of alkyl halides is 3. The van der Waals surface area contributed by atoms with E-state index in [0.29, 0.717) is 31.8 Å². The van der Waals surface area contributed by atoms with Gasteiger partial charge in [0, 0.05) is 13.1 Å². The molecular weight excluding hydrogens is 443 g/mol. The lowest BCUT2D eigenvalue weighted by Gasteiger charge is -2.33. The Labute approximate surface area is 181 Å². The van der Waals surface area contributed by atoms with E-state index in [1.165, 1.54) is 6.92 Å². The standard InChI is InChI=1S/C19H32F3NO7S/c1-5-28-16(24)15(30-31(26,27)19(20,21)22)9-7-6-8-14-10-12-23(13-11-14)17(25)29-18(2,3)4/h14-15H,5-13H2,1-4H3. The Morgan fingerprint density at radius 2 is 1.68 bits per heavy atom. The van der Waals surface area contributed by atoms with Crippen LogP contribution in [0.3, 0.4) is 0 Å². The summed E-state index contributed by atoms with van der Waals surface area (Å²) >= 11 is 0. The van der Waals surface area contributed by atoms with Gasteiger partial charge in [0.25, 0.3) is 0 Å².